The molecule has 0 bridgehead atoms. The highest BCUT2D eigenvalue weighted by Crippen LogP contribution is 2.59. The molecule has 5 heteroatoms. The van der Waals surface area contributed by atoms with E-state index in [1.165, 1.54) is 0 Å². The molecular formula is C26H28N2O3. The van der Waals surface area contributed by atoms with Gasteiger partial charge in [-0.15, -0.1) is 0 Å². The molecule has 2 atom stereocenters. The van der Waals surface area contributed by atoms with Crippen molar-refractivity contribution in [1.29, 1.82) is 0 Å². The van der Waals surface area contributed by atoms with Gasteiger partial charge in [0.05, 0.1) is 22.6 Å². The van der Waals surface area contributed by atoms with Crippen molar-refractivity contribution in [2.24, 2.45) is 10.4 Å². The van der Waals surface area contributed by atoms with E-state index in [-0.39, 0.29) is 23.8 Å². The Bertz CT molecular complexity index is 1060. The Balaban J connectivity index is 1.57. The minimum Gasteiger partial charge on any atom is -0.444 e. The summed E-state index contributed by atoms with van der Waals surface area (Å²) in [5.41, 5.74) is 3.00. The van der Waals surface area contributed by atoms with Crippen LogP contribution in [0, 0.1) is 5.41 Å². The van der Waals surface area contributed by atoms with Crippen LogP contribution in [0.2, 0.25) is 0 Å². The van der Waals surface area contributed by atoms with Crippen LogP contribution in [0.1, 0.15) is 50.7 Å². The van der Waals surface area contributed by atoms with E-state index in [2.05, 4.69) is 19.9 Å². The zero-order chi connectivity index (χ0) is 21.6. The van der Waals surface area contributed by atoms with Crippen molar-refractivity contribution in [2.45, 2.75) is 57.6 Å². The highest BCUT2D eigenvalue weighted by Gasteiger charge is 2.66. The number of ether oxygens (including phenoxy) is 1. The van der Waals surface area contributed by atoms with Crippen molar-refractivity contribution >= 4 is 23.3 Å². The number of carbonyl (C=O) groups is 2. The lowest BCUT2D eigenvalue weighted by Gasteiger charge is -2.48. The summed E-state index contributed by atoms with van der Waals surface area (Å²) in [6.07, 6.45) is 2.28. The molecule has 5 nitrogen and oxygen atoms in total. The summed E-state index contributed by atoms with van der Waals surface area (Å²) in [6, 6.07) is 17.5. The number of para-hydroxylation sites is 1. The van der Waals surface area contributed by atoms with E-state index in [4.69, 9.17) is 9.73 Å². The molecule has 31 heavy (non-hydrogen) atoms. The van der Waals surface area contributed by atoms with Crippen molar-refractivity contribution in [3.8, 4) is 0 Å². The number of Topliss-reactive ketones (excluding diaryl/α,β-unsaturated/α-hetero) is 1. The summed E-state index contributed by atoms with van der Waals surface area (Å²) in [7, 11) is 0. The van der Waals surface area contributed by atoms with Crippen LogP contribution in [-0.4, -0.2) is 30.2 Å². The van der Waals surface area contributed by atoms with Gasteiger partial charge in [-0.25, -0.2) is 4.79 Å². The predicted molar refractivity (Wildman–Crippen MR) is 121 cm³/mol. The fourth-order valence-electron chi connectivity index (χ4n) is 6.16. The number of rotatable bonds is 4. The molecule has 0 radical (unpaired) electrons. The normalized spacial score (nSPS) is 25.5. The van der Waals surface area contributed by atoms with Gasteiger partial charge < -0.3 is 4.74 Å². The number of aliphatic imine (C=N–C) groups is 1. The fourth-order valence-corrected chi connectivity index (χ4v) is 6.16. The molecule has 2 aliphatic heterocycles. The minimum atomic E-state index is -0.524. The molecule has 1 spiro atoms. The van der Waals surface area contributed by atoms with E-state index in [1.54, 1.807) is 4.90 Å². The van der Waals surface area contributed by atoms with Gasteiger partial charge in [0.1, 0.15) is 12.4 Å². The number of amides is 1. The molecular weight excluding hydrogens is 388 g/mol. The van der Waals surface area contributed by atoms with Crippen LogP contribution >= 0.6 is 0 Å². The summed E-state index contributed by atoms with van der Waals surface area (Å²) >= 11 is 0. The number of fused-ring (bicyclic) bond motifs is 1. The zero-order valence-electron chi connectivity index (χ0n) is 18.1. The Hall–Kier alpha value is -2.95. The number of carbonyl (C=O) groups excluding carboxylic acids is 2. The molecule has 2 aromatic carbocycles. The van der Waals surface area contributed by atoms with E-state index >= 15 is 0 Å². The van der Waals surface area contributed by atoms with Gasteiger partial charge in [0.15, 0.2) is 0 Å². The molecule has 2 aromatic rings. The number of ketones is 1. The van der Waals surface area contributed by atoms with Crippen molar-refractivity contribution in [3.63, 3.8) is 0 Å². The first kappa shape index (κ1) is 20.0. The number of anilines is 1. The Morgan fingerprint density at radius 2 is 1.81 bits per heavy atom. The summed E-state index contributed by atoms with van der Waals surface area (Å²) in [6.45, 7) is 5.08. The Morgan fingerprint density at radius 3 is 2.55 bits per heavy atom. The van der Waals surface area contributed by atoms with Crippen LogP contribution in [0.5, 0.6) is 0 Å². The van der Waals surface area contributed by atoms with E-state index in [0.717, 1.165) is 41.8 Å². The smallest absolute Gasteiger partial charge is 0.414 e. The Morgan fingerprint density at radius 1 is 1.10 bits per heavy atom. The molecule has 0 aromatic heterocycles. The van der Waals surface area contributed by atoms with Crippen LogP contribution in [0.15, 0.2) is 59.6 Å². The maximum atomic E-state index is 13.5. The lowest BCUT2D eigenvalue weighted by atomic mass is 9.54. The molecule has 1 amide bonds. The Kier molecular flexibility index (Phi) is 4.72. The monoisotopic (exact) mass is 416 g/mol. The standard InChI is InChI=1S/C26H28N2O3/c1-3-25(4-2)22(29)16-21-26(14-15-27-23(25)26)19-12-8-9-13-20(19)28(21)24(30)31-17-18-10-6-5-7-11-18/h5-13,21H,3-4,14-17H2,1-2H3/t21-,26-/m0/s1. The topological polar surface area (TPSA) is 59.0 Å². The van der Waals surface area contributed by atoms with Crippen LogP contribution in [0.3, 0.4) is 0 Å². The highest BCUT2D eigenvalue weighted by molar-refractivity contribution is 6.20. The summed E-state index contributed by atoms with van der Waals surface area (Å²) in [4.78, 5) is 33.6. The molecule has 5 rings (SSSR count). The van der Waals surface area contributed by atoms with E-state index in [0.29, 0.717) is 13.0 Å². The van der Waals surface area contributed by atoms with Gasteiger partial charge in [-0.2, -0.15) is 0 Å². The minimum absolute atomic E-state index is 0.201. The highest BCUT2D eigenvalue weighted by atomic mass is 16.6. The lowest BCUT2D eigenvalue weighted by Crippen LogP contribution is -2.62. The third kappa shape index (κ3) is 2.65. The summed E-state index contributed by atoms with van der Waals surface area (Å²) < 4.78 is 5.74. The third-order valence-corrected chi connectivity index (χ3v) is 7.70. The number of benzene rings is 2. The van der Waals surface area contributed by atoms with E-state index in [1.807, 2.05) is 48.5 Å². The SMILES string of the molecule is CCC1(CC)C(=O)C[C@@H]2N(C(=O)OCc3ccccc3)c3ccccc3[C@@]23CCN=C13. The third-order valence-electron chi connectivity index (χ3n) is 7.70. The van der Waals surface area contributed by atoms with Crippen molar-refractivity contribution < 1.29 is 14.3 Å². The second-order valence-corrected chi connectivity index (χ2v) is 8.81. The molecule has 1 saturated carbocycles. The molecule has 0 N–H and O–H groups in total. The summed E-state index contributed by atoms with van der Waals surface area (Å²) in [5.74, 6) is 0.201. The van der Waals surface area contributed by atoms with Gasteiger partial charge in [-0.05, 0) is 36.5 Å². The van der Waals surface area contributed by atoms with E-state index in [9.17, 15) is 9.59 Å². The van der Waals surface area contributed by atoms with Crippen LogP contribution in [-0.2, 0) is 21.6 Å². The maximum Gasteiger partial charge on any atom is 0.414 e. The van der Waals surface area contributed by atoms with Gasteiger partial charge >= 0.3 is 6.09 Å². The van der Waals surface area contributed by atoms with Crippen LogP contribution in [0.25, 0.3) is 0 Å². The fraction of sp³-hybridized carbons (Fsp3) is 0.423. The van der Waals surface area contributed by atoms with Crippen molar-refractivity contribution in [2.75, 3.05) is 11.4 Å². The molecule has 1 fully saturated rings. The first-order valence-corrected chi connectivity index (χ1v) is 11.3. The van der Waals surface area contributed by atoms with Gasteiger partial charge in [-0.3, -0.25) is 14.7 Å². The lowest BCUT2D eigenvalue weighted by molar-refractivity contribution is -0.127. The average molecular weight is 417 g/mol. The van der Waals surface area contributed by atoms with Crippen molar-refractivity contribution in [3.05, 3.63) is 65.7 Å². The number of hydrogen-bond acceptors (Lipinski definition) is 4. The van der Waals surface area contributed by atoms with Gasteiger partial charge in [-0.1, -0.05) is 62.4 Å². The van der Waals surface area contributed by atoms with Gasteiger partial charge in [0.25, 0.3) is 0 Å². The molecule has 160 valence electrons. The second kappa shape index (κ2) is 7.33. The second-order valence-electron chi connectivity index (χ2n) is 8.81. The van der Waals surface area contributed by atoms with Gasteiger partial charge in [0, 0.05) is 18.7 Å². The molecule has 0 saturated heterocycles. The quantitative estimate of drug-likeness (QED) is 0.699. The number of hydrogen-bond donors (Lipinski definition) is 0. The molecule has 0 unspecified atom stereocenters. The van der Waals surface area contributed by atoms with Crippen molar-refractivity contribution in [1.82, 2.24) is 0 Å². The maximum absolute atomic E-state index is 13.5. The number of nitrogens with zero attached hydrogens (tertiary/aromatic N) is 2. The largest absolute Gasteiger partial charge is 0.444 e. The van der Waals surface area contributed by atoms with Gasteiger partial charge in [0.2, 0.25) is 0 Å². The van der Waals surface area contributed by atoms with E-state index < -0.39 is 11.5 Å². The average Bonchev–Trinajstić information content (AvgIpc) is 3.37. The summed E-state index contributed by atoms with van der Waals surface area (Å²) in [5, 5.41) is 0. The van der Waals surface area contributed by atoms with Crippen LogP contribution in [0.4, 0.5) is 10.5 Å². The molecule has 2 heterocycles. The van der Waals surface area contributed by atoms with Crippen LogP contribution < -0.4 is 4.90 Å². The first-order chi connectivity index (χ1) is 15.1. The predicted octanol–water partition coefficient (Wildman–Crippen LogP) is 5.07. The Labute approximate surface area is 183 Å². The molecule has 3 aliphatic rings. The first-order valence-electron chi connectivity index (χ1n) is 11.3. The zero-order valence-corrected chi connectivity index (χ0v) is 18.1. The molecule has 1 aliphatic carbocycles.